The summed E-state index contributed by atoms with van der Waals surface area (Å²) >= 11 is 0. The van der Waals surface area contributed by atoms with Gasteiger partial charge in [-0.15, -0.1) is 0 Å². The van der Waals surface area contributed by atoms with Crippen molar-refractivity contribution in [2.45, 2.75) is 227 Å². The van der Waals surface area contributed by atoms with E-state index in [2.05, 4.69) is 52.0 Å². The van der Waals surface area contributed by atoms with Crippen molar-refractivity contribution in [1.82, 2.24) is 71.3 Å². The summed E-state index contributed by atoms with van der Waals surface area (Å²) in [5.41, 5.74) is -2.53. The minimum atomic E-state index is -4.43. The maximum absolute atomic E-state index is 14.6. The quantitative estimate of drug-likeness (QED) is 0.0233. The number of aromatic nitrogens is 2. The molecule has 3 heterocycles. The minimum absolute atomic E-state index is 0.0275. The largest absolute Gasteiger partial charge is 0.494 e. The van der Waals surface area contributed by atoms with Crippen LogP contribution in [-0.4, -0.2) is 287 Å². The van der Waals surface area contributed by atoms with Crippen molar-refractivity contribution in [2.75, 3.05) is 132 Å². The van der Waals surface area contributed by atoms with Gasteiger partial charge in [0, 0.05) is 128 Å². The van der Waals surface area contributed by atoms with Crippen LogP contribution in [0.5, 0.6) is 5.75 Å². The Hall–Kier alpha value is -9.10. The first-order chi connectivity index (χ1) is 53.6. The molecule has 115 heavy (non-hydrogen) atoms. The van der Waals surface area contributed by atoms with Crippen molar-refractivity contribution < 1.29 is 94.3 Å². The molecule has 0 bridgehead atoms. The van der Waals surface area contributed by atoms with Gasteiger partial charge in [-0.1, -0.05) is 0 Å². The number of carbonyl (C=O) groups excluding carboxylic acids is 11. The van der Waals surface area contributed by atoms with Crippen LogP contribution in [-0.2, 0) is 92.9 Å². The number of rotatable bonds is 37. The first-order valence-corrected chi connectivity index (χ1v) is 40.8. The molecule has 35 nitrogen and oxygen atoms in total. The third-order valence-electron chi connectivity index (χ3n) is 17.2. The first kappa shape index (κ1) is 96.5. The molecule has 0 spiro atoms. The summed E-state index contributed by atoms with van der Waals surface area (Å²) in [7, 11) is -3.33. The predicted molar refractivity (Wildman–Crippen MR) is 430 cm³/mol. The number of methoxy groups -OCH3 is 1. The van der Waals surface area contributed by atoms with E-state index in [-0.39, 0.29) is 145 Å². The van der Waals surface area contributed by atoms with Crippen molar-refractivity contribution >= 4 is 92.2 Å². The predicted octanol–water partition coefficient (Wildman–Crippen LogP) is 3.08. The number of ether oxygens (including phenoxy) is 7. The van der Waals surface area contributed by atoms with Crippen molar-refractivity contribution in [3.8, 4) is 5.75 Å². The van der Waals surface area contributed by atoms with Crippen LogP contribution in [0.3, 0.4) is 0 Å². The van der Waals surface area contributed by atoms with Crippen LogP contribution in [0.2, 0.25) is 0 Å². The molecule has 3 atom stereocenters. The Balaban J connectivity index is 1.21. The molecule has 1 fully saturated rings. The van der Waals surface area contributed by atoms with E-state index in [0.29, 0.717) is 37.3 Å². The number of carbonyl (C=O) groups is 11. The van der Waals surface area contributed by atoms with Crippen LogP contribution in [0.4, 0.5) is 0 Å². The average molecular weight is 1640 g/mol. The highest BCUT2D eigenvalue weighted by Gasteiger charge is 2.34. The molecule has 2 aliphatic heterocycles. The molecule has 1 unspecified atom stereocenters. The molecular weight excluding hydrogens is 1510 g/mol. The van der Waals surface area contributed by atoms with E-state index in [9.17, 15) is 61.2 Å². The van der Waals surface area contributed by atoms with E-state index in [1.807, 2.05) is 19.4 Å². The average Bonchev–Trinajstić information content (AvgIpc) is 0.910. The standard InChI is InChI=1S/C79H127N15O20S/c1-53-44-57(45-54(2)69(53)115(106,107)89-60(73(105)108-18)48-85-70(102)55-23-26-61-56(46-55)47-86-94(61)34-21-31-84-74-82-29-20-30-83-74)109-43-19-22-62(95)80-32-33-81-71(103)58(24-27-64(97)110-75(3,4)5)88-72(104)59(25-28-65(98)111-76(6,7)8)87-63(96)49-90-35-37-91(50-66(99)112-77(9,10)11)39-41-93(52-68(101)114-79(15,16)17)42-40-92(38-36-90)51-67(100)113-78(12,13)14/h23,26,44-47,58-60,89H,19-22,24-25,27-43,48-52H2,1-18H3,(H,80,95)(H,81,103)(H,85,102)(H,87,96)(H,88,104)(H2,82,83,84)/t58?,59-,60-/m0/s1. The lowest BCUT2D eigenvalue weighted by Crippen LogP contribution is -2.56. The molecule has 2 aliphatic rings. The molecule has 1 aromatic heterocycles. The highest BCUT2D eigenvalue weighted by molar-refractivity contribution is 7.89. The van der Waals surface area contributed by atoms with E-state index in [1.165, 1.54) is 12.1 Å². The highest BCUT2D eigenvalue weighted by atomic mass is 32.2. The topological polar surface area (TPSA) is 426 Å². The van der Waals surface area contributed by atoms with Crippen LogP contribution >= 0.6 is 0 Å². The molecule has 8 N–H and O–H groups in total. The normalized spacial score (nSPS) is 15.6. The summed E-state index contributed by atoms with van der Waals surface area (Å²) in [5, 5.41) is 25.2. The van der Waals surface area contributed by atoms with Gasteiger partial charge < -0.3 is 70.4 Å². The molecule has 1 saturated heterocycles. The maximum Gasteiger partial charge on any atom is 0.325 e. The van der Waals surface area contributed by atoms with Gasteiger partial charge in [-0.25, -0.2) is 8.42 Å². The van der Waals surface area contributed by atoms with E-state index < -0.39 is 128 Å². The number of benzene rings is 2. The van der Waals surface area contributed by atoms with E-state index in [0.717, 1.165) is 44.5 Å². The number of amides is 5. The zero-order chi connectivity index (χ0) is 85.7. The second-order valence-corrected chi connectivity index (χ2v) is 35.3. The number of aryl methyl sites for hydroxylation is 3. The lowest BCUT2D eigenvalue weighted by molar-refractivity contribution is -0.158. The first-order valence-electron chi connectivity index (χ1n) is 39.3. The maximum atomic E-state index is 14.6. The SMILES string of the molecule is COC(=O)[C@H](CNC(=O)c1ccc2c(cnn2CCCNC2=NCCCN2)c1)NS(=O)(=O)c1c(C)cc(OCCCC(=O)NCCNC(=O)C(CCC(=O)OC(C)(C)C)NC(=O)[C@H](CCC(=O)OC(C)(C)C)NC(=O)CN2CCN(CC(=O)OC(C)(C)C)CCN(CC(=O)OC(C)(C)C)CCN(CC(=O)OC(C)(C)C)CC2)cc1C. The fourth-order valence-corrected chi connectivity index (χ4v) is 13.9. The number of esters is 6. The highest BCUT2D eigenvalue weighted by Crippen LogP contribution is 2.27. The number of guanidine groups is 1. The number of fused-ring (bicyclic) bond motifs is 1. The molecule has 5 amide bonds. The summed E-state index contributed by atoms with van der Waals surface area (Å²) < 4.78 is 71.3. The molecule has 3 aromatic rings. The van der Waals surface area contributed by atoms with Gasteiger partial charge in [0.05, 0.1) is 56.5 Å². The van der Waals surface area contributed by atoms with E-state index >= 15 is 0 Å². The molecule has 0 saturated carbocycles. The third kappa shape index (κ3) is 38.0. The van der Waals surface area contributed by atoms with Crippen molar-refractivity contribution in [2.24, 2.45) is 4.99 Å². The molecular formula is C79H127N15O20S. The van der Waals surface area contributed by atoms with E-state index in [1.54, 1.807) is 147 Å². The van der Waals surface area contributed by atoms with Gasteiger partial charge in [-0.3, -0.25) is 82.0 Å². The number of sulfonamides is 1. The molecule has 5 rings (SSSR count). The Morgan fingerprint density at radius 2 is 1.02 bits per heavy atom. The molecule has 0 radical (unpaired) electrons. The number of hydrogen-bond acceptors (Lipinski definition) is 28. The zero-order valence-corrected chi connectivity index (χ0v) is 71.5. The summed E-state index contributed by atoms with van der Waals surface area (Å²) in [6.45, 7) is 32.5. The number of hydrogen-bond donors (Lipinski definition) is 8. The summed E-state index contributed by atoms with van der Waals surface area (Å²) in [6, 6.07) is 3.65. The van der Waals surface area contributed by atoms with Gasteiger partial charge in [-0.2, -0.15) is 9.82 Å². The third-order valence-corrected chi connectivity index (χ3v) is 18.9. The van der Waals surface area contributed by atoms with Gasteiger partial charge in [0.2, 0.25) is 33.7 Å². The van der Waals surface area contributed by atoms with E-state index in [4.69, 9.17) is 33.2 Å². The van der Waals surface area contributed by atoms with Crippen LogP contribution in [0.1, 0.15) is 177 Å². The lowest BCUT2D eigenvalue weighted by atomic mass is 10.1. The minimum Gasteiger partial charge on any atom is -0.494 e. The summed E-state index contributed by atoms with van der Waals surface area (Å²) in [6.07, 6.45) is 2.35. The Labute approximate surface area is 677 Å². The summed E-state index contributed by atoms with van der Waals surface area (Å²) in [5.74, 6) is -5.93. The van der Waals surface area contributed by atoms with Gasteiger partial charge in [0.15, 0.2) is 5.96 Å². The summed E-state index contributed by atoms with van der Waals surface area (Å²) in [4.78, 5) is 161. The Kier molecular flexibility index (Phi) is 37.6. The number of nitrogens with zero attached hydrogens (tertiary/aromatic N) is 7. The van der Waals surface area contributed by atoms with Crippen molar-refractivity contribution in [1.29, 1.82) is 0 Å². The lowest BCUT2D eigenvalue weighted by Gasteiger charge is -2.34. The van der Waals surface area contributed by atoms with Crippen molar-refractivity contribution in [3.63, 3.8) is 0 Å². The second kappa shape index (κ2) is 44.8. The Morgan fingerprint density at radius 3 is 1.50 bits per heavy atom. The number of aliphatic imine (C=N–C) groups is 1. The van der Waals surface area contributed by atoms with Crippen molar-refractivity contribution in [3.05, 3.63) is 53.2 Å². The van der Waals surface area contributed by atoms with Crippen LogP contribution in [0, 0.1) is 13.8 Å². The van der Waals surface area contributed by atoms with Gasteiger partial charge >= 0.3 is 35.8 Å². The molecule has 644 valence electrons. The number of nitrogens with one attached hydrogen (secondary N) is 8. The molecule has 0 aliphatic carbocycles. The fourth-order valence-electron chi connectivity index (χ4n) is 12.2. The fraction of sp³-hybridized carbons (Fsp3) is 0.684. The Bertz CT molecular complexity index is 3880. The Morgan fingerprint density at radius 1 is 0.539 bits per heavy atom. The van der Waals surface area contributed by atoms with Crippen LogP contribution in [0.25, 0.3) is 10.9 Å². The second-order valence-electron chi connectivity index (χ2n) is 33.6. The van der Waals surface area contributed by atoms with Crippen LogP contribution < -0.4 is 46.7 Å². The zero-order valence-electron chi connectivity index (χ0n) is 70.7. The molecule has 2 aromatic carbocycles. The van der Waals surface area contributed by atoms with Gasteiger partial charge in [0.25, 0.3) is 5.91 Å². The van der Waals surface area contributed by atoms with Gasteiger partial charge in [0.1, 0.15) is 51.9 Å². The smallest absolute Gasteiger partial charge is 0.325 e. The monoisotopic (exact) mass is 1640 g/mol. The molecule has 36 heteroatoms. The van der Waals surface area contributed by atoms with Gasteiger partial charge in [-0.05, 0) is 191 Å². The van der Waals surface area contributed by atoms with Crippen LogP contribution in [0.15, 0.2) is 46.4 Å².